The van der Waals surface area contributed by atoms with Gasteiger partial charge in [0.25, 0.3) is 0 Å². The first-order valence-corrected chi connectivity index (χ1v) is 10.1. The van der Waals surface area contributed by atoms with E-state index in [2.05, 4.69) is 0 Å². The first kappa shape index (κ1) is 18.3. The van der Waals surface area contributed by atoms with E-state index in [1.807, 2.05) is 71.7 Å². The van der Waals surface area contributed by atoms with Crippen LogP contribution in [-0.4, -0.2) is 17.8 Å². The van der Waals surface area contributed by atoms with Gasteiger partial charge < -0.3 is 9.47 Å². The zero-order chi connectivity index (χ0) is 20.0. The minimum atomic E-state index is -0.405. The third kappa shape index (κ3) is 3.22. The minimum Gasteiger partial charge on any atom is -0.497 e. The molecule has 4 nitrogen and oxygen atoms in total. The Morgan fingerprint density at radius 2 is 1.79 bits per heavy atom. The molecule has 2 aliphatic rings. The maximum atomic E-state index is 6.50. The Morgan fingerprint density at radius 3 is 2.55 bits per heavy atom. The Kier molecular flexibility index (Phi) is 4.61. The molecule has 6 heteroatoms. The van der Waals surface area contributed by atoms with Crippen molar-refractivity contribution in [2.75, 3.05) is 7.11 Å². The lowest BCUT2D eigenvalue weighted by atomic mass is 9.96. The topological polar surface area (TPSA) is 34.1 Å². The Morgan fingerprint density at radius 1 is 1.00 bits per heavy atom. The lowest BCUT2D eigenvalue weighted by Gasteiger charge is -2.38. The fraction of sp³-hybridized carbons (Fsp3) is 0.174. The molecule has 3 aromatic carbocycles. The molecule has 3 aromatic rings. The summed E-state index contributed by atoms with van der Waals surface area (Å²) >= 11 is 12.8. The van der Waals surface area contributed by atoms with Crippen molar-refractivity contribution in [1.29, 1.82) is 0 Å². The number of benzene rings is 3. The quantitative estimate of drug-likeness (QED) is 0.498. The predicted octanol–water partition coefficient (Wildman–Crippen LogP) is 6.24. The first-order valence-electron chi connectivity index (χ1n) is 9.35. The number of rotatable bonds is 3. The summed E-state index contributed by atoms with van der Waals surface area (Å²) in [6.07, 6.45) is 0.349. The van der Waals surface area contributed by atoms with Crippen molar-refractivity contribution in [1.82, 2.24) is 5.01 Å². The van der Waals surface area contributed by atoms with Gasteiger partial charge in [-0.2, -0.15) is 5.10 Å². The summed E-state index contributed by atoms with van der Waals surface area (Å²) in [5, 5.41) is 8.28. The van der Waals surface area contributed by atoms with Crippen LogP contribution in [0, 0.1) is 0 Å². The summed E-state index contributed by atoms with van der Waals surface area (Å²) in [5.41, 5.74) is 3.97. The van der Waals surface area contributed by atoms with Gasteiger partial charge in [-0.3, -0.25) is 0 Å². The zero-order valence-corrected chi connectivity index (χ0v) is 17.2. The molecule has 0 fully saturated rings. The van der Waals surface area contributed by atoms with Crippen molar-refractivity contribution in [2.24, 2.45) is 5.10 Å². The molecule has 0 N–H and O–H groups in total. The van der Waals surface area contributed by atoms with E-state index in [-0.39, 0.29) is 6.04 Å². The summed E-state index contributed by atoms with van der Waals surface area (Å²) in [7, 11) is 1.66. The Hall–Kier alpha value is -2.69. The number of hydrogen-bond acceptors (Lipinski definition) is 4. The summed E-state index contributed by atoms with van der Waals surface area (Å²) in [4.78, 5) is 0. The third-order valence-corrected chi connectivity index (χ3v) is 5.93. The number of hydrazone groups is 1. The van der Waals surface area contributed by atoms with Crippen LogP contribution in [0.4, 0.5) is 0 Å². The van der Waals surface area contributed by atoms with Crippen LogP contribution in [0.15, 0.2) is 71.8 Å². The first-order chi connectivity index (χ1) is 14.1. The summed E-state index contributed by atoms with van der Waals surface area (Å²) in [6, 6.07) is 21.4. The Balaban J connectivity index is 1.59. The number of fused-ring (bicyclic) bond motifs is 3. The highest BCUT2D eigenvalue weighted by Crippen LogP contribution is 2.49. The summed E-state index contributed by atoms with van der Waals surface area (Å²) in [6.45, 7) is 0. The molecule has 2 heterocycles. The van der Waals surface area contributed by atoms with Gasteiger partial charge in [0.05, 0.1) is 18.9 Å². The van der Waals surface area contributed by atoms with Crippen LogP contribution in [0.2, 0.25) is 10.0 Å². The molecular weight excluding hydrogens is 407 g/mol. The molecule has 0 spiro atoms. The molecule has 2 aliphatic heterocycles. The van der Waals surface area contributed by atoms with Gasteiger partial charge in [0.2, 0.25) is 6.23 Å². The Bertz CT molecular complexity index is 1100. The van der Waals surface area contributed by atoms with Crippen LogP contribution in [0.1, 0.15) is 35.4 Å². The van der Waals surface area contributed by atoms with E-state index >= 15 is 0 Å². The van der Waals surface area contributed by atoms with E-state index in [9.17, 15) is 0 Å². The highest BCUT2D eigenvalue weighted by Gasteiger charge is 2.41. The van der Waals surface area contributed by atoms with Gasteiger partial charge in [-0.05, 0) is 54.1 Å². The summed E-state index contributed by atoms with van der Waals surface area (Å²) in [5.74, 6) is 1.63. The van der Waals surface area contributed by atoms with Gasteiger partial charge in [-0.1, -0.05) is 41.4 Å². The molecule has 0 aliphatic carbocycles. The molecule has 0 bridgehead atoms. The van der Waals surface area contributed by atoms with Gasteiger partial charge in [0, 0.05) is 27.6 Å². The van der Waals surface area contributed by atoms with Crippen LogP contribution in [-0.2, 0) is 0 Å². The molecular formula is C23H18Cl2N2O2. The highest BCUT2D eigenvalue weighted by atomic mass is 35.5. The highest BCUT2D eigenvalue weighted by molar-refractivity contribution is 6.31. The van der Waals surface area contributed by atoms with Crippen molar-refractivity contribution < 1.29 is 9.47 Å². The second-order valence-corrected chi connectivity index (χ2v) is 7.89. The molecule has 0 amide bonds. The number of ether oxygens (including phenoxy) is 2. The van der Waals surface area contributed by atoms with E-state index in [0.29, 0.717) is 10.0 Å². The zero-order valence-electron chi connectivity index (χ0n) is 15.7. The van der Waals surface area contributed by atoms with Gasteiger partial charge >= 0.3 is 0 Å². The van der Waals surface area contributed by atoms with Crippen molar-refractivity contribution in [3.63, 3.8) is 0 Å². The SMILES string of the molecule is COc1ccc(C2=NN3C(C2)c2cc(Cl)ccc2OC3c2ccccc2Cl)cc1. The van der Waals surface area contributed by atoms with Crippen LogP contribution in [0.25, 0.3) is 0 Å². The lowest BCUT2D eigenvalue weighted by Crippen LogP contribution is -2.33. The fourth-order valence-electron chi connectivity index (χ4n) is 3.90. The lowest BCUT2D eigenvalue weighted by molar-refractivity contribution is -0.0189. The summed E-state index contributed by atoms with van der Waals surface area (Å²) < 4.78 is 11.6. The van der Waals surface area contributed by atoms with Crippen LogP contribution in [0.5, 0.6) is 11.5 Å². The molecule has 0 saturated carbocycles. The van der Waals surface area contributed by atoms with Crippen molar-refractivity contribution in [2.45, 2.75) is 18.7 Å². The molecule has 29 heavy (non-hydrogen) atoms. The fourth-order valence-corrected chi connectivity index (χ4v) is 4.31. The van der Waals surface area contributed by atoms with Crippen molar-refractivity contribution in [3.8, 4) is 11.5 Å². The molecule has 5 rings (SSSR count). The van der Waals surface area contributed by atoms with E-state index < -0.39 is 6.23 Å². The smallest absolute Gasteiger partial charge is 0.215 e. The monoisotopic (exact) mass is 424 g/mol. The average molecular weight is 425 g/mol. The maximum Gasteiger partial charge on any atom is 0.215 e. The van der Waals surface area contributed by atoms with E-state index in [4.69, 9.17) is 37.8 Å². The second kappa shape index (κ2) is 7.29. The van der Waals surface area contributed by atoms with Crippen LogP contribution in [0.3, 0.4) is 0 Å². The number of methoxy groups -OCH3 is 1. The van der Waals surface area contributed by atoms with E-state index in [1.165, 1.54) is 0 Å². The number of nitrogens with zero attached hydrogens (tertiary/aromatic N) is 2. The van der Waals surface area contributed by atoms with E-state index in [0.717, 1.165) is 40.3 Å². The minimum absolute atomic E-state index is 0.0239. The van der Waals surface area contributed by atoms with E-state index in [1.54, 1.807) is 7.11 Å². The third-order valence-electron chi connectivity index (χ3n) is 5.35. The van der Waals surface area contributed by atoms with Gasteiger partial charge in [0.15, 0.2) is 0 Å². The molecule has 0 radical (unpaired) electrons. The number of halogens is 2. The van der Waals surface area contributed by atoms with Gasteiger partial charge in [-0.15, -0.1) is 0 Å². The van der Waals surface area contributed by atoms with Gasteiger partial charge in [0.1, 0.15) is 11.5 Å². The molecule has 0 saturated heterocycles. The molecule has 146 valence electrons. The predicted molar refractivity (Wildman–Crippen MR) is 115 cm³/mol. The van der Waals surface area contributed by atoms with Crippen LogP contribution >= 0.6 is 23.2 Å². The van der Waals surface area contributed by atoms with Gasteiger partial charge in [-0.25, -0.2) is 5.01 Å². The molecule has 0 aromatic heterocycles. The second-order valence-electron chi connectivity index (χ2n) is 7.05. The number of hydrogen-bond donors (Lipinski definition) is 0. The average Bonchev–Trinajstić information content (AvgIpc) is 3.20. The van der Waals surface area contributed by atoms with Crippen molar-refractivity contribution in [3.05, 3.63) is 93.5 Å². The standard InChI is InChI=1S/C23H18Cl2N2O2/c1-28-16-9-6-14(7-10-16)20-13-21-18-12-15(24)8-11-22(18)29-23(27(21)26-20)17-4-2-3-5-19(17)25/h2-12,21,23H,13H2,1H3. The largest absolute Gasteiger partial charge is 0.497 e. The van der Waals surface area contributed by atoms with Crippen LogP contribution < -0.4 is 9.47 Å². The van der Waals surface area contributed by atoms with Crippen molar-refractivity contribution >= 4 is 28.9 Å². The molecule has 2 unspecified atom stereocenters. The Labute approximate surface area is 179 Å². The maximum absolute atomic E-state index is 6.50. The normalized spacial score (nSPS) is 19.8. The molecule has 2 atom stereocenters.